The molecule has 2 fully saturated rings. The molecule has 0 amide bonds. The van der Waals surface area contributed by atoms with Gasteiger partial charge < -0.3 is 9.90 Å². The van der Waals surface area contributed by atoms with Crippen molar-refractivity contribution in [3.05, 3.63) is 0 Å². The van der Waals surface area contributed by atoms with E-state index < -0.39 is 22.2 Å². The Balaban J connectivity index is 2.16. The van der Waals surface area contributed by atoms with Crippen LogP contribution in [0.2, 0.25) is 0 Å². The molecule has 2 rings (SSSR count). The number of carboxylic acids is 1. The average Bonchev–Trinajstić information content (AvgIpc) is 2.65. The molecule has 7 heteroatoms. The molecule has 0 aromatic rings. The highest BCUT2D eigenvalue weighted by Gasteiger charge is 2.42. The van der Waals surface area contributed by atoms with Crippen LogP contribution >= 0.6 is 0 Å². The Morgan fingerprint density at radius 1 is 1.11 bits per heavy atom. The molecule has 6 nitrogen and oxygen atoms in total. The first kappa shape index (κ1) is 13.8. The summed E-state index contributed by atoms with van der Waals surface area (Å²) in [6.45, 7) is 1.41. The zero-order chi connectivity index (χ0) is 13.2. The van der Waals surface area contributed by atoms with E-state index in [9.17, 15) is 18.3 Å². The Morgan fingerprint density at radius 2 is 1.72 bits per heavy atom. The van der Waals surface area contributed by atoms with Gasteiger partial charge >= 0.3 is 10.2 Å². The van der Waals surface area contributed by atoms with Gasteiger partial charge in [0.25, 0.3) is 0 Å². The highest BCUT2D eigenvalue weighted by molar-refractivity contribution is 7.82. The van der Waals surface area contributed by atoms with Crippen LogP contribution in [-0.4, -0.2) is 44.4 Å². The van der Waals surface area contributed by atoms with Crippen LogP contribution in [0.1, 0.15) is 38.5 Å². The van der Waals surface area contributed by atoms with Crippen molar-refractivity contribution in [1.29, 1.82) is 0 Å². The molecule has 0 bridgehead atoms. The Labute approximate surface area is 108 Å². The van der Waals surface area contributed by atoms with E-state index in [4.69, 9.17) is 0 Å². The first-order valence-electron chi connectivity index (χ1n) is 6.60. The average molecular weight is 276 g/mol. The lowest BCUT2D eigenvalue weighted by Crippen LogP contribution is -3.18. The van der Waals surface area contributed by atoms with Gasteiger partial charge in [0.1, 0.15) is 12.0 Å². The maximum Gasteiger partial charge on any atom is 0.371 e. The fourth-order valence-electron chi connectivity index (χ4n) is 2.82. The van der Waals surface area contributed by atoms with Crippen molar-refractivity contribution < 1.29 is 22.6 Å². The van der Waals surface area contributed by atoms with Gasteiger partial charge in [-0.2, -0.15) is 12.7 Å². The number of hydrogen-bond donors (Lipinski definition) is 1. The van der Waals surface area contributed by atoms with Gasteiger partial charge in [0.15, 0.2) is 0 Å². The second-order valence-corrected chi connectivity index (χ2v) is 7.04. The molecule has 2 saturated heterocycles. The predicted molar refractivity (Wildman–Crippen MR) is 62.8 cm³/mol. The summed E-state index contributed by atoms with van der Waals surface area (Å²) in [6.07, 6.45) is 4.84. The summed E-state index contributed by atoms with van der Waals surface area (Å²) in [4.78, 5) is 11.0. The van der Waals surface area contributed by atoms with Gasteiger partial charge in [-0.1, -0.05) is 12.8 Å². The topological polar surface area (TPSA) is 81.9 Å². The molecule has 2 aliphatic rings. The van der Waals surface area contributed by atoms with E-state index in [2.05, 4.69) is 0 Å². The maximum absolute atomic E-state index is 12.5. The molecule has 0 aromatic carbocycles. The summed E-state index contributed by atoms with van der Waals surface area (Å²) < 4.78 is 26.5. The quantitative estimate of drug-likeness (QED) is 0.640. The number of nitrogens with zero attached hydrogens (tertiary/aromatic N) is 1. The lowest BCUT2D eigenvalue weighted by molar-refractivity contribution is -0.777. The van der Waals surface area contributed by atoms with Gasteiger partial charge in [-0.25, -0.2) is 4.31 Å². The summed E-state index contributed by atoms with van der Waals surface area (Å²) in [5.74, 6) is -1.25. The van der Waals surface area contributed by atoms with Gasteiger partial charge in [-0.05, 0) is 12.8 Å². The number of quaternary nitrogens is 1. The zero-order valence-electron chi connectivity index (χ0n) is 10.4. The predicted octanol–water partition coefficient (Wildman–Crippen LogP) is -2.10. The summed E-state index contributed by atoms with van der Waals surface area (Å²) >= 11 is 0. The molecular formula is C11H20N2O4S. The van der Waals surface area contributed by atoms with Crippen LogP contribution in [0.15, 0.2) is 0 Å². The Hall–Kier alpha value is -0.660. The van der Waals surface area contributed by atoms with Crippen LogP contribution < -0.4 is 9.41 Å². The van der Waals surface area contributed by atoms with Crippen LogP contribution in [0.3, 0.4) is 0 Å². The fraction of sp³-hybridized carbons (Fsp3) is 0.909. The van der Waals surface area contributed by atoms with Gasteiger partial charge in [0.05, 0.1) is 6.54 Å². The van der Waals surface area contributed by atoms with Crippen LogP contribution in [0.4, 0.5) is 0 Å². The molecule has 2 atom stereocenters. The largest absolute Gasteiger partial charge is 0.544 e. The van der Waals surface area contributed by atoms with Gasteiger partial charge in [-0.3, -0.25) is 0 Å². The normalized spacial score (nSPS) is 31.1. The standard InChI is InChI=1S/C11H20N2O4S/c14-11(15)10-6-5-9-13(10)18(16,17)12-7-3-1-2-4-8-12/h10H,1-9H2,(H,14,15)/t10-/m1/s1. The summed E-state index contributed by atoms with van der Waals surface area (Å²) in [7, 11) is -3.55. The van der Waals surface area contributed by atoms with Crippen LogP contribution in [0.5, 0.6) is 0 Å². The van der Waals surface area contributed by atoms with Crippen molar-refractivity contribution in [1.82, 2.24) is 4.31 Å². The molecule has 0 aliphatic carbocycles. The second-order valence-electron chi connectivity index (χ2n) is 5.05. The summed E-state index contributed by atoms with van der Waals surface area (Å²) in [5, 5.41) is 11.0. The minimum atomic E-state index is -3.55. The van der Waals surface area contributed by atoms with Crippen molar-refractivity contribution in [3.8, 4) is 0 Å². The Kier molecular flexibility index (Phi) is 4.24. The second kappa shape index (κ2) is 5.54. The fourth-order valence-corrected chi connectivity index (χ4v) is 4.87. The minimum absolute atomic E-state index is 0.171. The number of aliphatic carboxylic acids is 1. The number of rotatable bonds is 3. The molecule has 0 aromatic heterocycles. The van der Waals surface area contributed by atoms with Crippen molar-refractivity contribution in [3.63, 3.8) is 0 Å². The van der Waals surface area contributed by atoms with E-state index in [-0.39, 0.29) is 4.31 Å². The highest BCUT2D eigenvalue weighted by Crippen LogP contribution is 2.12. The van der Waals surface area contributed by atoms with Gasteiger partial charge in [-0.15, -0.1) is 0 Å². The maximum atomic E-state index is 12.5. The third-order valence-corrected chi connectivity index (χ3v) is 6.02. The molecule has 0 radical (unpaired) electrons. The summed E-state index contributed by atoms with van der Waals surface area (Å²) in [6, 6.07) is -0.904. The molecule has 0 saturated carbocycles. The monoisotopic (exact) mass is 276 g/mol. The Bertz CT molecular complexity index is 401. The molecule has 0 spiro atoms. The van der Waals surface area contributed by atoms with E-state index in [0.717, 1.165) is 25.7 Å². The number of carboxylic acid groups (broad SMARTS) is 1. The van der Waals surface area contributed by atoms with Gasteiger partial charge in [0, 0.05) is 25.9 Å². The van der Waals surface area contributed by atoms with Crippen molar-refractivity contribution in [2.45, 2.75) is 44.6 Å². The van der Waals surface area contributed by atoms with Gasteiger partial charge in [0.2, 0.25) is 0 Å². The van der Waals surface area contributed by atoms with E-state index in [0.29, 0.717) is 32.5 Å². The molecular weight excluding hydrogens is 256 g/mol. The molecule has 18 heavy (non-hydrogen) atoms. The Morgan fingerprint density at radius 3 is 2.28 bits per heavy atom. The third-order valence-electron chi connectivity index (χ3n) is 3.83. The smallest absolute Gasteiger partial charge is 0.371 e. The van der Waals surface area contributed by atoms with E-state index in [1.165, 1.54) is 4.31 Å². The van der Waals surface area contributed by atoms with Crippen molar-refractivity contribution >= 4 is 16.2 Å². The summed E-state index contributed by atoms with van der Waals surface area (Å²) in [5.41, 5.74) is 0. The van der Waals surface area contributed by atoms with Crippen LogP contribution in [0.25, 0.3) is 0 Å². The lowest BCUT2D eigenvalue weighted by Gasteiger charge is -2.27. The van der Waals surface area contributed by atoms with Crippen LogP contribution in [-0.2, 0) is 15.0 Å². The highest BCUT2D eigenvalue weighted by atomic mass is 32.2. The molecule has 1 unspecified atom stereocenters. The SMILES string of the molecule is O=C([O-])[C@H]1CCC[NH+]1S(=O)(=O)N1CCCCCC1. The molecule has 1 N–H and O–H groups in total. The minimum Gasteiger partial charge on any atom is -0.544 e. The number of hydrogen-bond acceptors (Lipinski definition) is 4. The third kappa shape index (κ3) is 2.67. The number of carbonyl (C=O) groups is 1. The first-order valence-corrected chi connectivity index (χ1v) is 8.04. The van der Waals surface area contributed by atoms with Crippen molar-refractivity contribution in [2.24, 2.45) is 0 Å². The van der Waals surface area contributed by atoms with E-state index in [1.807, 2.05) is 0 Å². The molecule has 2 heterocycles. The first-order chi connectivity index (χ1) is 8.53. The van der Waals surface area contributed by atoms with Crippen LogP contribution in [0, 0.1) is 0 Å². The lowest BCUT2D eigenvalue weighted by atomic mass is 10.2. The number of nitrogens with one attached hydrogen (secondary N) is 1. The van der Waals surface area contributed by atoms with E-state index >= 15 is 0 Å². The van der Waals surface area contributed by atoms with Crippen molar-refractivity contribution in [2.75, 3.05) is 19.6 Å². The zero-order valence-corrected chi connectivity index (χ0v) is 11.2. The molecule has 104 valence electrons. The number of carbonyl (C=O) groups excluding carboxylic acids is 1. The van der Waals surface area contributed by atoms with E-state index in [1.54, 1.807) is 0 Å². The molecule has 2 aliphatic heterocycles.